The molecule has 6 nitrogen and oxygen atoms in total. The van der Waals surface area contributed by atoms with E-state index < -0.39 is 31.9 Å². The number of amides is 1. The van der Waals surface area contributed by atoms with Gasteiger partial charge in [-0.15, -0.1) is 6.58 Å². The highest BCUT2D eigenvalue weighted by molar-refractivity contribution is 7.92. The Labute approximate surface area is 206 Å². The number of Topliss-reactive ketones (excluding diaryl/α,β-unsaturated/α-hetero) is 1. The average molecular weight is 518 g/mol. The molecule has 0 radical (unpaired) electrons. The molecule has 0 bridgehead atoms. The molecule has 0 aromatic heterocycles. The Bertz CT molecular complexity index is 1380. The van der Waals surface area contributed by atoms with E-state index in [9.17, 15) is 31.2 Å². The maximum absolute atomic E-state index is 13.0. The summed E-state index contributed by atoms with van der Waals surface area (Å²) >= 11 is 0. The first-order valence-corrected chi connectivity index (χ1v) is 12.2. The molecule has 0 aliphatic rings. The smallest absolute Gasteiger partial charge is 0.492 e. The number of alkyl halides is 3. The highest BCUT2D eigenvalue weighted by Crippen LogP contribution is 2.31. The predicted molar refractivity (Wildman–Crippen MR) is 129 cm³/mol. The van der Waals surface area contributed by atoms with Crippen molar-refractivity contribution >= 4 is 27.2 Å². The van der Waals surface area contributed by atoms with Crippen LogP contribution >= 0.6 is 0 Å². The Kier molecular flexibility index (Phi) is 8.31. The van der Waals surface area contributed by atoms with Crippen LogP contribution in [0.1, 0.15) is 32.7 Å². The van der Waals surface area contributed by atoms with E-state index in [1.54, 1.807) is 42.5 Å². The zero-order valence-electron chi connectivity index (χ0n) is 18.9. The molecule has 0 fully saturated rings. The molecular formula is C26H22F3NO5S. The van der Waals surface area contributed by atoms with E-state index in [-0.39, 0.29) is 28.8 Å². The van der Waals surface area contributed by atoms with Gasteiger partial charge in [0.1, 0.15) is 5.75 Å². The summed E-state index contributed by atoms with van der Waals surface area (Å²) in [5.74, 6) is -0.700. The minimum atomic E-state index is -5.55. The monoisotopic (exact) mass is 517 g/mol. The number of ketones is 1. The van der Waals surface area contributed by atoms with Crippen molar-refractivity contribution in [1.82, 2.24) is 0 Å². The van der Waals surface area contributed by atoms with Crippen molar-refractivity contribution in [2.45, 2.75) is 23.2 Å². The van der Waals surface area contributed by atoms with Crippen LogP contribution in [0.5, 0.6) is 5.75 Å². The number of anilines is 1. The van der Waals surface area contributed by atoms with E-state index in [0.717, 1.165) is 18.2 Å². The number of hydrogen-bond acceptors (Lipinski definition) is 5. The van der Waals surface area contributed by atoms with Gasteiger partial charge in [-0.1, -0.05) is 42.5 Å². The van der Waals surface area contributed by atoms with Crippen LogP contribution in [0.4, 0.5) is 18.9 Å². The highest BCUT2D eigenvalue weighted by atomic mass is 32.2. The number of hydrogen-bond donors (Lipinski definition) is 1. The van der Waals surface area contributed by atoms with Crippen molar-refractivity contribution in [1.29, 1.82) is 0 Å². The van der Waals surface area contributed by atoms with E-state index in [4.69, 9.17) is 4.74 Å². The minimum absolute atomic E-state index is 0.0763. The summed E-state index contributed by atoms with van der Waals surface area (Å²) in [5, 5.41) is 2.68. The highest BCUT2D eigenvalue weighted by Gasteiger charge is 2.46. The summed E-state index contributed by atoms with van der Waals surface area (Å²) in [4.78, 5) is 25.0. The first-order chi connectivity index (χ1) is 17.0. The molecule has 0 atom stereocenters. The second kappa shape index (κ2) is 11.2. The lowest BCUT2D eigenvalue weighted by Gasteiger charge is -2.14. The van der Waals surface area contributed by atoms with Crippen LogP contribution in [0.25, 0.3) is 0 Å². The van der Waals surface area contributed by atoms with Gasteiger partial charge in [-0.25, -0.2) is 8.42 Å². The summed E-state index contributed by atoms with van der Waals surface area (Å²) in [6, 6.07) is 16.8. The van der Waals surface area contributed by atoms with E-state index >= 15 is 0 Å². The van der Waals surface area contributed by atoms with Crippen LogP contribution in [-0.4, -0.2) is 32.2 Å². The normalized spacial score (nSPS) is 11.5. The van der Waals surface area contributed by atoms with Crippen LogP contribution in [0, 0.1) is 0 Å². The third-order valence-corrected chi connectivity index (χ3v) is 6.55. The van der Waals surface area contributed by atoms with E-state index in [2.05, 4.69) is 11.9 Å². The van der Waals surface area contributed by atoms with Gasteiger partial charge in [-0.2, -0.15) is 13.2 Å². The molecule has 188 valence electrons. The zero-order valence-corrected chi connectivity index (χ0v) is 19.7. The fourth-order valence-corrected chi connectivity index (χ4v) is 4.13. The van der Waals surface area contributed by atoms with Gasteiger partial charge in [0.25, 0.3) is 15.7 Å². The molecule has 3 aromatic carbocycles. The van der Waals surface area contributed by atoms with Crippen LogP contribution in [0.2, 0.25) is 0 Å². The van der Waals surface area contributed by atoms with Gasteiger partial charge in [-0.05, 0) is 48.4 Å². The van der Waals surface area contributed by atoms with Gasteiger partial charge in [-0.3, -0.25) is 9.59 Å². The number of nitrogens with one attached hydrogen (secondary N) is 1. The van der Waals surface area contributed by atoms with E-state index in [0.29, 0.717) is 18.8 Å². The largest absolute Gasteiger partial charge is 0.501 e. The third kappa shape index (κ3) is 6.19. The summed E-state index contributed by atoms with van der Waals surface area (Å²) in [7, 11) is -5.55. The minimum Gasteiger partial charge on any atom is -0.492 e. The second-order valence-electron chi connectivity index (χ2n) is 7.62. The van der Waals surface area contributed by atoms with Gasteiger partial charge in [0, 0.05) is 12.0 Å². The summed E-state index contributed by atoms with van der Waals surface area (Å²) in [6.07, 6.45) is 1.88. The molecule has 0 aliphatic carbocycles. The number of ether oxygens (including phenoxy) is 1. The van der Waals surface area contributed by atoms with E-state index in [1.165, 1.54) is 18.2 Å². The summed E-state index contributed by atoms with van der Waals surface area (Å²) in [6.45, 7) is 3.94. The number of para-hydroxylation sites is 2. The number of carbonyl (C=O) groups is 2. The molecule has 0 unspecified atom stereocenters. The number of benzene rings is 3. The van der Waals surface area contributed by atoms with Crippen molar-refractivity contribution < 1.29 is 35.9 Å². The lowest BCUT2D eigenvalue weighted by molar-refractivity contribution is -0.0436. The molecule has 0 spiro atoms. The summed E-state index contributed by atoms with van der Waals surface area (Å²) < 4.78 is 67.7. The molecule has 3 aromatic rings. The van der Waals surface area contributed by atoms with Crippen LogP contribution in [0.15, 0.2) is 90.3 Å². The molecule has 0 heterocycles. The number of carbonyl (C=O) groups excluding carboxylic acids is 2. The van der Waals surface area contributed by atoms with Gasteiger partial charge in [0.15, 0.2) is 5.78 Å². The lowest BCUT2D eigenvalue weighted by atomic mass is 10.0. The second-order valence-corrected chi connectivity index (χ2v) is 9.56. The van der Waals surface area contributed by atoms with Gasteiger partial charge < -0.3 is 10.1 Å². The third-order valence-electron chi connectivity index (χ3n) is 5.07. The molecule has 0 aliphatic heterocycles. The average Bonchev–Trinajstić information content (AvgIpc) is 2.84. The SMILES string of the molecule is C=CCCOc1ccccc1C(=O)Nc1ccccc1C(=O)Cc1cccc(S(=O)(=O)C(F)(F)F)c1. The standard InChI is InChI=1S/C26H22F3NO5S/c1-2-3-15-35-24-14-7-5-12-21(24)25(32)30-22-13-6-4-11-20(22)23(31)17-18-9-8-10-19(16-18)36(33,34)26(27,28)29/h2,4-14,16H,1,3,15,17H2,(H,30,32). The van der Waals surface area contributed by atoms with E-state index in [1.807, 2.05) is 0 Å². The first-order valence-electron chi connectivity index (χ1n) is 10.7. The topological polar surface area (TPSA) is 89.5 Å². The first kappa shape index (κ1) is 26.7. The molecule has 3 rings (SSSR count). The van der Waals surface area contributed by atoms with Crippen molar-refractivity contribution in [2.75, 3.05) is 11.9 Å². The molecular weight excluding hydrogens is 495 g/mol. The fraction of sp³-hybridized carbons (Fsp3) is 0.154. The lowest BCUT2D eigenvalue weighted by Crippen LogP contribution is -2.23. The summed E-state index contributed by atoms with van der Waals surface area (Å²) in [5.41, 5.74) is -4.84. The van der Waals surface area contributed by atoms with Crippen LogP contribution in [0.3, 0.4) is 0 Å². The van der Waals surface area contributed by atoms with Crippen molar-refractivity contribution in [2.24, 2.45) is 0 Å². The number of halogens is 3. The zero-order chi connectivity index (χ0) is 26.3. The Balaban J connectivity index is 1.82. The molecule has 36 heavy (non-hydrogen) atoms. The van der Waals surface area contributed by atoms with Crippen LogP contribution < -0.4 is 10.1 Å². The Morgan fingerprint density at radius 2 is 1.61 bits per heavy atom. The Hall–Kier alpha value is -3.92. The van der Waals surface area contributed by atoms with Crippen molar-refractivity contribution in [3.05, 3.63) is 102 Å². The quantitative estimate of drug-likeness (QED) is 0.214. The molecule has 1 N–H and O–H groups in total. The fourth-order valence-electron chi connectivity index (χ4n) is 3.29. The Morgan fingerprint density at radius 1 is 0.944 bits per heavy atom. The predicted octanol–water partition coefficient (Wildman–Crippen LogP) is 5.61. The number of rotatable bonds is 10. The molecule has 0 saturated heterocycles. The molecule has 1 amide bonds. The van der Waals surface area contributed by atoms with Crippen LogP contribution in [-0.2, 0) is 16.3 Å². The Morgan fingerprint density at radius 3 is 2.31 bits per heavy atom. The van der Waals surface area contributed by atoms with Gasteiger partial charge in [0.2, 0.25) is 0 Å². The van der Waals surface area contributed by atoms with Crippen molar-refractivity contribution in [3.63, 3.8) is 0 Å². The van der Waals surface area contributed by atoms with Gasteiger partial charge in [0.05, 0.1) is 22.8 Å². The van der Waals surface area contributed by atoms with Crippen molar-refractivity contribution in [3.8, 4) is 5.75 Å². The molecule has 0 saturated carbocycles. The maximum Gasteiger partial charge on any atom is 0.501 e. The molecule has 10 heteroatoms. The number of sulfone groups is 1. The maximum atomic E-state index is 13.0. The van der Waals surface area contributed by atoms with Gasteiger partial charge >= 0.3 is 5.51 Å².